The van der Waals surface area contributed by atoms with E-state index in [1.165, 1.54) is 0 Å². The maximum absolute atomic E-state index is 8.81. The third kappa shape index (κ3) is 2.98. The third-order valence-corrected chi connectivity index (χ3v) is 2.67. The largest absolute Gasteiger partial charge is 0.383 e. The van der Waals surface area contributed by atoms with Gasteiger partial charge in [0.25, 0.3) is 0 Å². The third-order valence-electron chi connectivity index (χ3n) is 2.67. The first-order chi connectivity index (χ1) is 6.27. The molecule has 0 N–H and O–H groups in total. The maximum atomic E-state index is 8.81. The molecule has 0 bridgehead atoms. The number of ether oxygens (including phenoxy) is 1. The Morgan fingerprint density at radius 2 is 2.46 bits per heavy atom. The predicted molar refractivity (Wildman–Crippen MR) is 51.2 cm³/mol. The van der Waals surface area contributed by atoms with Crippen LogP contribution in [0.25, 0.3) is 0 Å². The van der Waals surface area contributed by atoms with E-state index in [1.807, 2.05) is 0 Å². The first-order valence-corrected chi connectivity index (χ1v) is 4.90. The molecule has 2 atom stereocenters. The van der Waals surface area contributed by atoms with Crippen molar-refractivity contribution in [2.75, 3.05) is 26.8 Å². The van der Waals surface area contributed by atoms with Gasteiger partial charge in [-0.25, -0.2) is 0 Å². The molecule has 0 radical (unpaired) electrons. The van der Waals surface area contributed by atoms with Crippen LogP contribution in [0.15, 0.2) is 0 Å². The molecule has 0 aromatic heterocycles. The van der Waals surface area contributed by atoms with Gasteiger partial charge in [-0.2, -0.15) is 5.26 Å². The Morgan fingerprint density at radius 1 is 1.69 bits per heavy atom. The van der Waals surface area contributed by atoms with Gasteiger partial charge >= 0.3 is 0 Å². The van der Waals surface area contributed by atoms with Crippen LogP contribution in [0.4, 0.5) is 0 Å². The highest BCUT2D eigenvalue weighted by Crippen LogP contribution is 2.17. The molecule has 1 aliphatic rings. The lowest BCUT2D eigenvalue weighted by Gasteiger charge is -2.34. The topological polar surface area (TPSA) is 36.3 Å². The summed E-state index contributed by atoms with van der Waals surface area (Å²) in [4.78, 5) is 2.35. The number of rotatable bonds is 3. The molecule has 13 heavy (non-hydrogen) atoms. The fraction of sp³-hybridized carbons (Fsp3) is 0.900. The van der Waals surface area contributed by atoms with E-state index in [0.29, 0.717) is 6.04 Å². The molecule has 0 spiro atoms. The fourth-order valence-electron chi connectivity index (χ4n) is 1.86. The molecule has 0 aliphatic carbocycles. The van der Waals surface area contributed by atoms with Crippen LogP contribution in [-0.4, -0.2) is 37.7 Å². The van der Waals surface area contributed by atoms with Crippen molar-refractivity contribution in [1.82, 2.24) is 4.90 Å². The zero-order chi connectivity index (χ0) is 9.68. The molecule has 1 rings (SSSR count). The van der Waals surface area contributed by atoms with E-state index in [2.05, 4.69) is 17.9 Å². The molecule has 0 aromatic rings. The first kappa shape index (κ1) is 10.5. The van der Waals surface area contributed by atoms with Crippen LogP contribution in [0, 0.1) is 17.2 Å². The van der Waals surface area contributed by atoms with Crippen LogP contribution in [0.3, 0.4) is 0 Å². The molecule has 0 saturated carbocycles. The molecule has 1 saturated heterocycles. The van der Waals surface area contributed by atoms with Gasteiger partial charge in [-0.05, 0) is 26.3 Å². The van der Waals surface area contributed by atoms with E-state index in [4.69, 9.17) is 10.00 Å². The van der Waals surface area contributed by atoms with Crippen molar-refractivity contribution < 1.29 is 4.74 Å². The quantitative estimate of drug-likeness (QED) is 0.659. The molecule has 0 amide bonds. The van der Waals surface area contributed by atoms with E-state index >= 15 is 0 Å². The minimum atomic E-state index is 0.230. The number of hydrogen-bond acceptors (Lipinski definition) is 3. The van der Waals surface area contributed by atoms with E-state index in [9.17, 15) is 0 Å². The highest BCUT2D eigenvalue weighted by atomic mass is 16.5. The summed E-state index contributed by atoms with van der Waals surface area (Å²) in [5.74, 6) is 0.230. The number of methoxy groups -OCH3 is 1. The lowest BCUT2D eigenvalue weighted by atomic mass is 9.98. The van der Waals surface area contributed by atoms with Crippen LogP contribution in [0.1, 0.15) is 19.8 Å². The van der Waals surface area contributed by atoms with Crippen molar-refractivity contribution >= 4 is 0 Å². The highest BCUT2D eigenvalue weighted by molar-refractivity contribution is 4.89. The molecule has 0 aromatic carbocycles. The van der Waals surface area contributed by atoms with Gasteiger partial charge < -0.3 is 4.74 Å². The summed E-state index contributed by atoms with van der Waals surface area (Å²) in [5.41, 5.74) is 0. The van der Waals surface area contributed by atoms with Gasteiger partial charge in [0.15, 0.2) is 0 Å². The Bertz CT molecular complexity index is 188. The van der Waals surface area contributed by atoms with Gasteiger partial charge in [0, 0.05) is 19.7 Å². The van der Waals surface area contributed by atoms with Gasteiger partial charge in [-0.15, -0.1) is 0 Å². The zero-order valence-corrected chi connectivity index (χ0v) is 8.49. The second-order valence-electron chi connectivity index (χ2n) is 3.77. The van der Waals surface area contributed by atoms with E-state index in [0.717, 1.165) is 32.5 Å². The molecule has 74 valence electrons. The molecule has 3 heteroatoms. The lowest BCUT2D eigenvalue weighted by Crippen LogP contribution is -2.42. The first-order valence-electron chi connectivity index (χ1n) is 4.90. The zero-order valence-electron chi connectivity index (χ0n) is 8.49. The van der Waals surface area contributed by atoms with Crippen molar-refractivity contribution in [3.63, 3.8) is 0 Å². The summed E-state index contributed by atoms with van der Waals surface area (Å²) in [6.45, 7) is 4.95. The monoisotopic (exact) mass is 182 g/mol. The Hall–Kier alpha value is -0.590. The average Bonchev–Trinajstić information content (AvgIpc) is 2.18. The standard InChI is InChI=1S/C10H18N2O/c1-9(8-13-2)12-5-3-4-10(6-11)7-12/h9-10H,3-5,7-8H2,1-2H3. The van der Waals surface area contributed by atoms with Crippen LogP contribution in [0.2, 0.25) is 0 Å². The minimum Gasteiger partial charge on any atom is -0.383 e. The molecule has 1 heterocycles. The normalized spacial score (nSPS) is 26.7. The van der Waals surface area contributed by atoms with Crippen LogP contribution in [-0.2, 0) is 4.74 Å². The predicted octanol–water partition coefficient (Wildman–Crippen LogP) is 1.26. The molecule has 2 unspecified atom stereocenters. The number of likely N-dealkylation sites (tertiary alicyclic amines) is 1. The maximum Gasteiger partial charge on any atom is 0.0669 e. The molecular weight excluding hydrogens is 164 g/mol. The van der Waals surface area contributed by atoms with Gasteiger partial charge in [-0.3, -0.25) is 4.90 Å². The van der Waals surface area contributed by atoms with Crippen molar-refractivity contribution in [1.29, 1.82) is 5.26 Å². The Kier molecular flexibility index (Phi) is 4.20. The van der Waals surface area contributed by atoms with Crippen molar-refractivity contribution in [3.8, 4) is 6.07 Å². The van der Waals surface area contributed by atoms with Crippen molar-refractivity contribution in [3.05, 3.63) is 0 Å². The van der Waals surface area contributed by atoms with Gasteiger partial charge in [0.2, 0.25) is 0 Å². The van der Waals surface area contributed by atoms with Crippen molar-refractivity contribution in [2.45, 2.75) is 25.8 Å². The summed E-state index contributed by atoms with van der Waals surface area (Å²) in [6, 6.07) is 2.79. The van der Waals surface area contributed by atoms with Crippen LogP contribution >= 0.6 is 0 Å². The molecular formula is C10H18N2O. The second-order valence-corrected chi connectivity index (χ2v) is 3.77. The average molecular weight is 182 g/mol. The van der Waals surface area contributed by atoms with Crippen LogP contribution in [0.5, 0.6) is 0 Å². The smallest absolute Gasteiger partial charge is 0.0669 e. The van der Waals surface area contributed by atoms with Gasteiger partial charge in [-0.1, -0.05) is 0 Å². The van der Waals surface area contributed by atoms with E-state index < -0.39 is 0 Å². The molecule has 3 nitrogen and oxygen atoms in total. The molecule has 1 fully saturated rings. The Morgan fingerprint density at radius 3 is 3.08 bits per heavy atom. The summed E-state index contributed by atoms with van der Waals surface area (Å²) in [7, 11) is 1.72. The summed E-state index contributed by atoms with van der Waals surface area (Å²) in [6.07, 6.45) is 2.21. The number of piperidine rings is 1. The number of nitrogens with zero attached hydrogens (tertiary/aromatic N) is 2. The Labute approximate surface area is 80.3 Å². The molecule has 1 aliphatic heterocycles. The fourth-order valence-corrected chi connectivity index (χ4v) is 1.86. The number of hydrogen-bond donors (Lipinski definition) is 0. The lowest BCUT2D eigenvalue weighted by molar-refractivity contribution is 0.0768. The van der Waals surface area contributed by atoms with E-state index in [-0.39, 0.29) is 5.92 Å². The number of nitriles is 1. The minimum absolute atomic E-state index is 0.230. The van der Waals surface area contributed by atoms with Gasteiger partial charge in [0.05, 0.1) is 18.6 Å². The highest BCUT2D eigenvalue weighted by Gasteiger charge is 2.22. The van der Waals surface area contributed by atoms with E-state index in [1.54, 1.807) is 7.11 Å². The summed E-state index contributed by atoms with van der Waals surface area (Å²) >= 11 is 0. The summed E-state index contributed by atoms with van der Waals surface area (Å²) in [5, 5.41) is 8.81. The van der Waals surface area contributed by atoms with Gasteiger partial charge in [0.1, 0.15) is 0 Å². The second kappa shape index (κ2) is 5.21. The van der Waals surface area contributed by atoms with Crippen molar-refractivity contribution in [2.24, 2.45) is 5.92 Å². The van der Waals surface area contributed by atoms with Crippen LogP contribution < -0.4 is 0 Å². The SMILES string of the molecule is COCC(C)N1CCCC(C#N)C1. The Balaban J connectivity index is 2.37. The summed E-state index contributed by atoms with van der Waals surface area (Å²) < 4.78 is 5.10.